The van der Waals surface area contributed by atoms with Crippen LogP contribution in [0.2, 0.25) is 0 Å². The second-order valence-corrected chi connectivity index (χ2v) is 5.39. The first kappa shape index (κ1) is 10.4. The summed E-state index contributed by atoms with van der Waals surface area (Å²) in [6.45, 7) is 5.57. The van der Waals surface area contributed by atoms with Crippen LogP contribution in [0.5, 0.6) is 0 Å². The van der Waals surface area contributed by atoms with E-state index in [4.69, 9.17) is 5.73 Å². The zero-order valence-electron chi connectivity index (χ0n) is 8.31. The summed E-state index contributed by atoms with van der Waals surface area (Å²) in [4.78, 5) is 0. The monoisotopic (exact) mass is 187 g/mol. The average Bonchev–Trinajstić information content (AvgIpc) is 2.06. The van der Waals surface area contributed by atoms with E-state index in [1.807, 2.05) is 0 Å². The molecule has 2 N–H and O–H groups in total. The number of hydrogen-bond acceptors (Lipinski definition) is 2. The van der Waals surface area contributed by atoms with Crippen LogP contribution in [-0.4, -0.2) is 18.1 Å². The van der Waals surface area contributed by atoms with Crippen molar-refractivity contribution in [1.29, 1.82) is 0 Å². The molecule has 1 aliphatic rings. The lowest BCUT2D eigenvalue weighted by Crippen LogP contribution is -2.34. The lowest BCUT2D eigenvalue weighted by molar-refractivity contribution is 0.157. The van der Waals surface area contributed by atoms with Crippen LogP contribution in [0.4, 0.5) is 0 Å². The fourth-order valence-corrected chi connectivity index (χ4v) is 3.49. The normalized spacial score (nSPS) is 23.0. The Balaban J connectivity index is 2.56. The van der Waals surface area contributed by atoms with Crippen molar-refractivity contribution in [3.63, 3.8) is 0 Å². The molecule has 0 amide bonds. The van der Waals surface area contributed by atoms with Gasteiger partial charge in [-0.3, -0.25) is 0 Å². The van der Waals surface area contributed by atoms with Gasteiger partial charge in [-0.15, -0.1) is 0 Å². The summed E-state index contributed by atoms with van der Waals surface area (Å²) in [5.41, 5.74) is 6.26. The predicted molar refractivity (Wildman–Crippen MR) is 57.5 cm³/mol. The van der Waals surface area contributed by atoms with Crippen molar-refractivity contribution in [3.05, 3.63) is 0 Å². The van der Waals surface area contributed by atoms with Crippen molar-refractivity contribution in [2.45, 2.75) is 33.1 Å². The summed E-state index contributed by atoms with van der Waals surface area (Å²) in [5, 5.41) is 0. The van der Waals surface area contributed by atoms with Crippen LogP contribution in [-0.2, 0) is 0 Å². The highest BCUT2D eigenvalue weighted by molar-refractivity contribution is 7.99. The van der Waals surface area contributed by atoms with Crippen molar-refractivity contribution in [1.82, 2.24) is 0 Å². The highest BCUT2D eigenvalue weighted by atomic mass is 32.2. The molecule has 1 nitrogen and oxygen atoms in total. The van der Waals surface area contributed by atoms with Gasteiger partial charge in [-0.2, -0.15) is 11.8 Å². The van der Waals surface area contributed by atoms with Crippen LogP contribution in [0.15, 0.2) is 0 Å². The molecule has 0 aromatic rings. The van der Waals surface area contributed by atoms with Gasteiger partial charge in [-0.05, 0) is 48.6 Å². The van der Waals surface area contributed by atoms with E-state index in [2.05, 4.69) is 25.6 Å². The van der Waals surface area contributed by atoms with Gasteiger partial charge >= 0.3 is 0 Å². The Hall–Kier alpha value is 0.310. The molecule has 0 saturated carbocycles. The molecule has 1 aliphatic heterocycles. The molecule has 2 heteroatoms. The maximum absolute atomic E-state index is 5.68. The molecule has 0 aromatic heterocycles. The first-order valence-corrected chi connectivity index (χ1v) is 6.14. The zero-order valence-corrected chi connectivity index (χ0v) is 9.12. The summed E-state index contributed by atoms with van der Waals surface area (Å²) >= 11 is 2.10. The van der Waals surface area contributed by atoms with Crippen molar-refractivity contribution in [2.24, 2.45) is 17.1 Å². The number of rotatable bonds is 3. The maximum atomic E-state index is 5.68. The zero-order chi connectivity index (χ0) is 9.03. The molecule has 0 spiro atoms. The van der Waals surface area contributed by atoms with Gasteiger partial charge in [0.15, 0.2) is 0 Å². The SMILES string of the molecule is CC(C)C1(CCN)CCSCC1. The highest BCUT2D eigenvalue weighted by Crippen LogP contribution is 2.43. The molecule has 12 heavy (non-hydrogen) atoms. The van der Waals surface area contributed by atoms with Crippen LogP contribution in [0, 0.1) is 11.3 Å². The standard InChI is InChI=1S/C10H21NS/c1-9(2)10(3-6-11)4-7-12-8-5-10/h9H,3-8,11H2,1-2H3. The third-order valence-electron chi connectivity index (χ3n) is 3.36. The second-order valence-electron chi connectivity index (χ2n) is 4.17. The van der Waals surface area contributed by atoms with Gasteiger partial charge in [0.1, 0.15) is 0 Å². The van der Waals surface area contributed by atoms with E-state index < -0.39 is 0 Å². The Labute approximate surface area is 80.5 Å². The highest BCUT2D eigenvalue weighted by Gasteiger charge is 2.34. The lowest BCUT2D eigenvalue weighted by Gasteiger charge is -2.40. The molecule has 1 fully saturated rings. The minimum absolute atomic E-state index is 0.583. The van der Waals surface area contributed by atoms with Crippen LogP contribution in [0.1, 0.15) is 33.1 Å². The number of nitrogens with two attached hydrogens (primary N) is 1. The summed E-state index contributed by atoms with van der Waals surface area (Å²) in [6, 6.07) is 0. The Morgan fingerprint density at radius 2 is 1.92 bits per heavy atom. The first-order chi connectivity index (χ1) is 5.71. The molecule has 0 radical (unpaired) electrons. The summed E-state index contributed by atoms with van der Waals surface area (Å²) in [6.07, 6.45) is 3.99. The first-order valence-electron chi connectivity index (χ1n) is 4.99. The van der Waals surface area contributed by atoms with Crippen LogP contribution >= 0.6 is 11.8 Å². The molecular weight excluding hydrogens is 166 g/mol. The lowest BCUT2D eigenvalue weighted by atomic mass is 9.70. The molecule has 1 rings (SSSR count). The minimum atomic E-state index is 0.583. The largest absolute Gasteiger partial charge is 0.330 e. The second kappa shape index (κ2) is 4.52. The molecule has 0 atom stereocenters. The van der Waals surface area contributed by atoms with Gasteiger partial charge in [-0.25, -0.2) is 0 Å². The van der Waals surface area contributed by atoms with Gasteiger partial charge in [0.2, 0.25) is 0 Å². The van der Waals surface area contributed by atoms with Gasteiger partial charge in [-0.1, -0.05) is 13.8 Å². The third-order valence-corrected chi connectivity index (χ3v) is 4.34. The molecule has 0 unspecified atom stereocenters. The smallest absolute Gasteiger partial charge is 0.00621 e. The van der Waals surface area contributed by atoms with E-state index in [1.54, 1.807) is 0 Å². The van der Waals surface area contributed by atoms with E-state index in [0.29, 0.717) is 5.41 Å². The van der Waals surface area contributed by atoms with Crippen LogP contribution < -0.4 is 5.73 Å². The van der Waals surface area contributed by atoms with E-state index in [9.17, 15) is 0 Å². The number of hydrogen-bond donors (Lipinski definition) is 1. The summed E-state index contributed by atoms with van der Waals surface area (Å²) in [7, 11) is 0. The van der Waals surface area contributed by atoms with Crippen molar-refractivity contribution >= 4 is 11.8 Å². The molecule has 72 valence electrons. The molecule has 0 aliphatic carbocycles. The fraction of sp³-hybridized carbons (Fsp3) is 1.00. The fourth-order valence-electron chi connectivity index (χ4n) is 2.18. The summed E-state index contributed by atoms with van der Waals surface area (Å²) < 4.78 is 0. The summed E-state index contributed by atoms with van der Waals surface area (Å²) in [5.74, 6) is 3.50. The van der Waals surface area contributed by atoms with Gasteiger partial charge in [0.05, 0.1) is 0 Å². The third kappa shape index (κ3) is 2.17. The van der Waals surface area contributed by atoms with Gasteiger partial charge in [0.25, 0.3) is 0 Å². The van der Waals surface area contributed by atoms with E-state index in [1.165, 1.54) is 30.8 Å². The molecule has 0 aromatic carbocycles. The van der Waals surface area contributed by atoms with Crippen LogP contribution in [0.3, 0.4) is 0 Å². The Morgan fingerprint density at radius 3 is 2.33 bits per heavy atom. The van der Waals surface area contributed by atoms with Crippen LogP contribution in [0.25, 0.3) is 0 Å². The Bertz CT molecular complexity index is 122. The van der Waals surface area contributed by atoms with Crippen molar-refractivity contribution < 1.29 is 0 Å². The molecule has 0 bridgehead atoms. The quantitative estimate of drug-likeness (QED) is 0.734. The minimum Gasteiger partial charge on any atom is -0.330 e. The van der Waals surface area contributed by atoms with E-state index in [-0.39, 0.29) is 0 Å². The Kier molecular flexibility index (Phi) is 3.91. The molecule has 1 heterocycles. The predicted octanol–water partition coefficient (Wildman–Crippen LogP) is 2.50. The molecular formula is C10H21NS. The van der Waals surface area contributed by atoms with E-state index in [0.717, 1.165) is 12.5 Å². The average molecular weight is 187 g/mol. The topological polar surface area (TPSA) is 26.0 Å². The van der Waals surface area contributed by atoms with E-state index >= 15 is 0 Å². The van der Waals surface area contributed by atoms with Crippen molar-refractivity contribution in [2.75, 3.05) is 18.1 Å². The van der Waals surface area contributed by atoms with Gasteiger partial charge < -0.3 is 5.73 Å². The maximum Gasteiger partial charge on any atom is -0.00621 e. The van der Waals surface area contributed by atoms with Crippen molar-refractivity contribution in [3.8, 4) is 0 Å². The Morgan fingerprint density at radius 1 is 1.33 bits per heavy atom. The molecule has 1 saturated heterocycles. The number of thioether (sulfide) groups is 1. The van der Waals surface area contributed by atoms with Gasteiger partial charge in [0, 0.05) is 0 Å².